The first-order valence-electron chi connectivity index (χ1n) is 4.43. The zero-order valence-corrected chi connectivity index (χ0v) is 10.8. The Balaban J connectivity index is 3.39. The van der Waals surface area contributed by atoms with E-state index in [1.54, 1.807) is 6.20 Å². The van der Waals surface area contributed by atoms with Crippen LogP contribution < -0.4 is 5.56 Å². The summed E-state index contributed by atoms with van der Waals surface area (Å²) in [5.41, 5.74) is -0.349. The Labute approximate surface area is 102 Å². The highest BCUT2D eigenvalue weighted by Crippen LogP contribution is 2.29. The molecule has 1 aromatic rings. The van der Waals surface area contributed by atoms with Gasteiger partial charge in [0.15, 0.2) is 0 Å². The van der Waals surface area contributed by atoms with Gasteiger partial charge in [-0.3, -0.25) is 4.79 Å². The van der Waals surface area contributed by atoms with Crippen LogP contribution in [0.1, 0.15) is 13.8 Å². The van der Waals surface area contributed by atoms with Crippen LogP contribution in [0.5, 0.6) is 0 Å². The molecule has 0 fully saturated rings. The topological polar surface area (TPSA) is 26.4 Å². The van der Waals surface area contributed by atoms with Gasteiger partial charge in [-0.05, 0) is 21.8 Å². The third-order valence-electron chi connectivity index (χ3n) is 1.82. The third-order valence-corrected chi connectivity index (χ3v) is 3.04. The fourth-order valence-electron chi connectivity index (χ4n) is 1.22. The van der Waals surface area contributed by atoms with Gasteiger partial charge in [-0.2, -0.15) is 0 Å². The minimum Gasteiger partial charge on any atom is -0.323 e. The van der Waals surface area contributed by atoms with Crippen molar-refractivity contribution < 1.29 is 0 Å². The summed E-state index contributed by atoms with van der Waals surface area (Å²) in [5, 5.41) is 0.190. The van der Waals surface area contributed by atoms with E-state index in [2.05, 4.69) is 20.8 Å². The van der Waals surface area contributed by atoms with Crippen LogP contribution in [0.2, 0.25) is 5.02 Å². The van der Waals surface area contributed by atoms with Crippen molar-refractivity contribution >= 4 is 33.2 Å². The molecule has 0 radical (unpaired) electrons. The molecule has 0 saturated carbocycles. The fourth-order valence-corrected chi connectivity index (χ4v) is 1.83. The van der Waals surface area contributed by atoms with E-state index in [9.17, 15) is 4.79 Å². The maximum Gasteiger partial charge on any atom is 0.269 e. The van der Waals surface area contributed by atoms with Crippen molar-refractivity contribution in [1.29, 1.82) is 0 Å². The largest absolute Gasteiger partial charge is 0.323 e. The molecule has 0 N–H and O–H groups in total. The first kappa shape index (κ1) is 12.3. The zero-order valence-electron chi connectivity index (χ0n) is 8.42. The summed E-state index contributed by atoms with van der Waals surface area (Å²) < 4.78 is 2.09. The van der Waals surface area contributed by atoms with E-state index in [0.29, 0.717) is 16.9 Å². The lowest BCUT2D eigenvalue weighted by molar-refractivity contribution is 0.511. The van der Waals surface area contributed by atoms with E-state index in [-0.39, 0.29) is 16.3 Å². The molecule has 0 aliphatic rings. The van der Waals surface area contributed by atoms with Gasteiger partial charge in [-0.15, -0.1) is 0 Å². The Hall–Kier alpha value is -0.790. The molecule has 0 aliphatic heterocycles. The van der Waals surface area contributed by atoms with Crippen LogP contribution in [0.4, 0.5) is 5.69 Å². The molecule has 0 atom stereocenters. The maximum atomic E-state index is 11.8. The van der Waals surface area contributed by atoms with Gasteiger partial charge in [0, 0.05) is 17.2 Å². The summed E-state index contributed by atoms with van der Waals surface area (Å²) in [6.45, 7) is 11.5. The second kappa shape index (κ2) is 4.82. The lowest BCUT2D eigenvalue weighted by Crippen LogP contribution is -2.21. The van der Waals surface area contributed by atoms with Crippen molar-refractivity contribution in [2.75, 3.05) is 0 Å². The van der Waals surface area contributed by atoms with E-state index in [4.69, 9.17) is 18.2 Å². The summed E-state index contributed by atoms with van der Waals surface area (Å²) in [6.07, 6.45) is 1.62. The number of rotatable bonds is 2. The highest BCUT2D eigenvalue weighted by Gasteiger charge is 2.13. The van der Waals surface area contributed by atoms with Crippen LogP contribution in [-0.2, 0) is 6.54 Å². The van der Waals surface area contributed by atoms with Crippen molar-refractivity contribution in [2.45, 2.75) is 20.4 Å². The Morgan fingerprint density at radius 1 is 1.67 bits per heavy atom. The Kier molecular flexibility index (Phi) is 3.95. The average Bonchev–Trinajstić information content (AvgIpc) is 2.14. The molecule has 1 rings (SSSR count). The molecule has 0 unspecified atom stereocenters. The molecule has 1 aromatic heterocycles. The lowest BCUT2D eigenvalue weighted by Gasteiger charge is -2.10. The van der Waals surface area contributed by atoms with Crippen molar-refractivity contribution in [3.05, 3.63) is 37.5 Å². The Morgan fingerprint density at radius 2 is 2.27 bits per heavy atom. The molecule has 0 aromatic carbocycles. The second-order valence-corrected chi connectivity index (χ2v) is 4.84. The van der Waals surface area contributed by atoms with Crippen molar-refractivity contribution in [1.82, 2.24) is 4.57 Å². The number of pyridine rings is 1. The molecule has 0 saturated heterocycles. The van der Waals surface area contributed by atoms with Gasteiger partial charge in [-0.25, -0.2) is 4.85 Å². The number of hydrogen-bond acceptors (Lipinski definition) is 1. The molecule has 0 aliphatic carbocycles. The first-order chi connectivity index (χ1) is 6.97. The van der Waals surface area contributed by atoms with Crippen LogP contribution in [0.15, 0.2) is 15.5 Å². The quantitative estimate of drug-likeness (QED) is 0.766. The molecule has 1 heterocycles. The molecule has 0 amide bonds. The van der Waals surface area contributed by atoms with Crippen LogP contribution in [0.3, 0.4) is 0 Å². The summed E-state index contributed by atoms with van der Waals surface area (Å²) in [5.74, 6) is 0.342. The van der Waals surface area contributed by atoms with Gasteiger partial charge in [0.1, 0.15) is 0 Å². The van der Waals surface area contributed by atoms with Gasteiger partial charge in [0.2, 0.25) is 0 Å². The van der Waals surface area contributed by atoms with Crippen LogP contribution in [0, 0.1) is 12.5 Å². The monoisotopic (exact) mass is 288 g/mol. The van der Waals surface area contributed by atoms with E-state index >= 15 is 0 Å². The maximum absolute atomic E-state index is 11.8. The smallest absolute Gasteiger partial charge is 0.269 e. The Bertz CT molecular complexity index is 474. The highest BCUT2D eigenvalue weighted by molar-refractivity contribution is 9.10. The second-order valence-electron chi connectivity index (χ2n) is 3.60. The highest BCUT2D eigenvalue weighted by atomic mass is 79.9. The number of aromatic nitrogens is 1. The van der Waals surface area contributed by atoms with Crippen molar-refractivity contribution in [2.24, 2.45) is 5.92 Å². The summed E-state index contributed by atoms with van der Waals surface area (Å²) in [4.78, 5) is 14.9. The van der Waals surface area contributed by atoms with Crippen molar-refractivity contribution in [3.63, 3.8) is 0 Å². The fraction of sp³-hybridized carbons (Fsp3) is 0.400. The van der Waals surface area contributed by atoms with Crippen LogP contribution >= 0.6 is 27.5 Å². The first-order valence-corrected chi connectivity index (χ1v) is 5.60. The lowest BCUT2D eigenvalue weighted by atomic mass is 10.2. The molecule has 0 spiro atoms. The van der Waals surface area contributed by atoms with Crippen LogP contribution in [0.25, 0.3) is 4.85 Å². The van der Waals surface area contributed by atoms with Gasteiger partial charge in [0.05, 0.1) is 11.6 Å². The third kappa shape index (κ3) is 2.61. The molecule has 80 valence electrons. The van der Waals surface area contributed by atoms with Gasteiger partial charge in [-0.1, -0.05) is 25.4 Å². The molecular weight excluding hydrogens is 279 g/mol. The van der Waals surface area contributed by atoms with E-state index in [0.717, 1.165) is 0 Å². The predicted octanol–water partition coefficient (Wildman–Crippen LogP) is 3.47. The number of halogens is 2. The summed E-state index contributed by atoms with van der Waals surface area (Å²) in [6, 6.07) is 0. The summed E-state index contributed by atoms with van der Waals surface area (Å²) in [7, 11) is 0. The SMILES string of the molecule is [C-]#[N+]c1c(Cl)c(Br)cn(CC(C)C)c1=O. The summed E-state index contributed by atoms with van der Waals surface area (Å²) >= 11 is 9.06. The zero-order chi connectivity index (χ0) is 11.6. The van der Waals surface area contributed by atoms with Crippen molar-refractivity contribution in [3.8, 4) is 0 Å². The van der Waals surface area contributed by atoms with Crippen LogP contribution in [-0.4, -0.2) is 4.57 Å². The molecule has 15 heavy (non-hydrogen) atoms. The molecule has 5 heteroatoms. The van der Waals surface area contributed by atoms with Gasteiger partial charge < -0.3 is 4.57 Å². The van der Waals surface area contributed by atoms with E-state index in [1.807, 2.05) is 13.8 Å². The van der Waals surface area contributed by atoms with E-state index < -0.39 is 0 Å². The predicted molar refractivity (Wildman–Crippen MR) is 64.5 cm³/mol. The van der Waals surface area contributed by atoms with Gasteiger partial charge >= 0.3 is 0 Å². The molecule has 0 bridgehead atoms. The minimum atomic E-state index is -0.327. The average molecular weight is 290 g/mol. The van der Waals surface area contributed by atoms with E-state index in [1.165, 1.54) is 4.57 Å². The molecule has 3 nitrogen and oxygen atoms in total. The number of nitrogens with zero attached hydrogens (tertiary/aromatic N) is 2. The molecular formula is C10H10BrClN2O. The van der Waals surface area contributed by atoms with Gasteiger partial charge in [0.25, 0.3) is 11.2 Å². The minimum absolute atomic E-state index is 0.0216. The number of hydrogen-bond donors (Lipinski definition) is 0. The Morgan fingerprint density at radius 3 is 2.73 bits per heavy atom. The standard InChI is InChI=1S/C10H10BrClN2O/c1-6(2)4-14-5-7(11)8(12)9(13-3)10(14)15/h5-6H,4H2,1-2H3. The normalized spacial score (nSPS) is 10.4.